The van der Waals surface area contributed by atoms with E-state index in [0.29, 0.717) is 12.8 Å². The van der Waals surface area contributed by atoms with Crippen LogP contribution < -0.4 is 10.6 Å². The zero-order valence-electron chi connectivity index (χ0n) is 11.8. The molecule has 0 radical (unpaired) electrons. The van der Waals surface area contributed by atoms with Crippen molar-refractivity contribution in [3.63, 3.8) is 0 Å². The highest BCUT2D eigenvalue weighted by Gasteiger charge is 2.05. The smallest absolute Gasteiger partial charge is 0.303 e. The number of nitrogens with one attached hydrogen (secondary N) is 2. The fraction of sp³-hybridized carbons (Fsp3) is 0.400. The van der Waals surface area contributed by atoms with Crippen molar-refractivity contribution >= 4 is 23.5 Å². The molecule has 21 heavy (non-hydrogen) atoms. The molecule has 3 N–H and O–H groups in total. The van der Waals surface area contributed by atoms with Gasteiger partial charge in [0.15, 0.2) is 0 Å². The van der Waals surface area contributed by atoms with Gasteiger partial charge in [0, 0.05) is 31.5 Å². The number of hydrogen-bond donors (Lipinski definition) is 3. The van der Waals surface area contributed by atoms with Crippen molar-refractivity contribution in [3.8, 4) is 0 Å². The van der Waals surface area contributed by atoms with Gasteiger partial charge >= 0.3 is 5.97 Å². The van der Waals surface area contributed by atoms with Gasteiger partial charge in [-0.1, -0.05) is 18.2 Å². The Morgan fingerprint density at radius 2 is 1.57 bits per heavy atom. The SMILES string of the molecule is O=C(O)CCCCC(=O)NCCC(=O)Nc1ccccc1. The van der Waals surface area contributed by atoms with E-state index in [2.05, 4.69) is 10.6 Å². The van der Waals surface area contributed by atoms with Crippen LogP contribution in [0.2, 0.25) is 0 Å². The van der Waals surface area contributed by atoms with Crippen LogP contribution in [0.25, 0.3) is 0 Å². The minimum atomic E-state index is -0.854. The van der Waals surface area contributed by atoms with E-state index < -0.39 is 5.97 Å². The highest BCUT2D eigenvalue weighted by atomic mass is 16.4. The van der Waals surface area contributed by atoms with Crippen molar-refractivity contribution in [2.24, 2.45) is 0 Å². The van der Waals surface area contributed by atoms with E-state index in [1.807, 2.05) is 18.2 Å². The van der Waals surface area contributed by atoms with Gasteiger partial charge in [0.1, 0.15) is 0 Å². The first kappa shape index (κ1) is 16.7. The molecule has 0 aromatic heterocycles. The molecule has 0 saturated heterocycles. The lowest BCUT2D eigenvalue weighted by molar-refractivity contribution is -0.137. The molecular weight excluding hydrogens is 272 g/mol. The van der Waals surface area contributed by atoms with Crippen LogP contribution in [0, 0.1) is 0 Å². The van der Waals surface area contributed by atoms with E-state index in [1.165, 1.54) is 0 Å². The number of carbonyl (C=O) groups excluding carboxylic acids is 2. The number of para-hydroxylation sites is 1. The van der Waals surface area contributed by atoms with Crippen molar-refractivity contribution in [1.82, 2.24) is 5.32 Å². The van der Waals surface area contributed by atoms with Gasteiger partial charge < -0.3 is 15.7 Å². The molecule has 0 unspecified atom stereocenters. The Bertz CT molecular complexity index is 474. The van der Waals surface area contributed by atoms with Crippen LogP contribution in [0.1, 0.15) is 32.1 Å². The number of rotatable bonds is 9. The third-order valence-electron chi connectivity index (χ3n) is 2.78. The fourth-order valence-corrected chi connectivity index (χ4v) is 1.71. The molecule has 0 spiro atoms. The minimum Gasteiger partial charge on any atom is -0.481 e. The van der Waals surface area contributed by atoms with Crippen molar-refractivity contribution in [2.45, 2.75) is 32.1 Å². The molecule has 0 atom stereocenters. The molecule has 0 saturated carbocycles. The molecule has 2 amide bonds. The second-order valence-corrected chi connectivity index (χ2v) is 4.62. The normalized spacial score (nSPS) is 9.90. The number of anilines is 1. The number of benzene rings is 1. The van der Waals surface area contributed by atoms with Gasteiger partial charge in [-0.25, -0.2) is 0 Å². The monoisotopic (exact) mass is 292 g/mol. The topological polar surface area (TPSA) is 95.5 Å². The van der Waals surface area contributed by atoms with Gasteiger partial charge in [-0.3, -0.25) is 14.4 Å². The standard InChI is InChI=1S/C15H20N2O4/c18-13(8-4-5-9-15(20)21)16-11-10-14(19)17-12-6-2-1-3-7-12/h1-3,6-7H,4-5,8-11H2,(H,16,18)(H,17,19)(H,20,21). The molecule has 6 heteroatoms. The van der Waals surface area contributed by atoms with Crippen LogP contribution in [0.3, 0.4) is 0 Å². The molecule has 114 valence electrons. The molecule has 0 heterocycles. The first-order chi connectivity index (χ1) is 10.1. The van der Waals surface area contributed by atoms with Gasteiger partial charge in [0.25, 0.3) is 0 Å². The van der Waals surface area contributed by atoms with Gasteiger partial charge in [-0.15, -0.1) is 0 Å². The molecule has 1 aromatic rings. The molecule has 6 nitrogen and oxygen atoms in total. The average Bonchev–Trinajstić information content (AvgIpc) is 2.44. The molecule has 0 bridgehead atoms. The summed E-state index contributed by atoms with van der Waals surface area (Å²) in [4.78, 5) is 33.3. The van der Waals surface area contributed by atoms with E-state index in [1.54, 1.807) is 12.1 Å². The van der Waals surface area contributed by atoms with Gasteiger partial charge in [-0.05, 0) is 25.0 Å². The van der Waals surface area contributed by atoms with E-state index in [4.69, 9.17) is 5.11 Å². The first-order valence-corrected chi connectivity index (χ1v) is 6.91. The number of carbonyl (C=O) groups is 3. The fourth-order valence-electron chi connectivity index (χ4n) is 1.71. The Hall–Kier alpha value is -2.37. The van der Waals surface area contributed by atoms with E-state index in [9.17, 15) is 14.4 Å². The van der Waals surface area contributed by atoms with Crippen molar-refractivity contribution in [2.75, 3.05) is 11.9 Å². The van der Waals surface area contributed by atoms with E-state index in [0.717, 1.165) is 5.69 Å². The van der Waals surface area contributed by atoms with Crippen molar-refractivity contribution in [3.05, 3.63) is 30.3 Å². The molecule has 0 aliphatic carbocycles. The summed E-state index contributed by atoms with van der Waals surface area (Å²) < 4.78 is 0. The van der Waals surface area contributed by atoms with E-state index in [-0.39, 0.29) is 37.6 Å². The maximum Gasteiger partial charge on any atom is 0.303 e. The number of amides is 2. The summed E-state index contributed by atoms with van der Waals surface area (Å²) in [6, 6.07) is 9.10. The summed E-state index contributed by atoms with van der Waals surface area (Å²) in [5, 5.41) is 13.8. The summed E-state index contributed by atoms with van der Waals surface area (Å²) in [6.07, 6.45) is 1.59. The first-order valence-electron chi connectivity index (χ1n) is 6.91. The Morgan fingerprint density at radius 3 is 2.24 bits per heavy atom. The van der Waals surface area contributed by atoms with Gasteiger partial charge in [-0.2, -0.15) is 0 Å². The third kappa shape index (κ3) is 8.41. The summed E-state index contributed by atoms with van der Waals surface area (Å²) in [6.45, 7) is 0.274. The predicted molar refractivity (Wildman–Crippen MR) is 78.8 cm³/mol. The number of carboxylic acid groups (broad SMARTS) is 1. The van der Waals surface area contributed by atoms with Gasteiger partial charge in [0.05, 0.1) is 0 Å². The minimum absolute atomic E-state index is 0.0762. The number of hydrogen-bond acceptors (Lipinski definition) is 3. The van der Waals surface area contributed by atoms with Crippen LogP contribution in [0.5, 0.6) is 0 Å². The number of carboxylic acids is 1. The van der Waals surface area contributed by atoms with Crippen LogP contribution in [-0.4, -0.2) is 29.4 Å². The predicted octanol–water partition coefficient (Wildman–Crippen LogP) is 1.78. The number of unbranched alkanes of at least 4 members (excludes halogenated alkanes) is 1. The maximum absolute atomic E-state index is 11.6. The average molecular weight is 292 g/mol. The lowest BCUT2D eigenvalue weighted by Gasteiger charge is -2.06. The van der Waals surface area contributed by atoms with Crippen LogP contribution in [0.4, 0.5) is 5.69 Å². The Labute approximate surface area is 123 Å². The van der Waals surface area contributed by atoms with Crippen LogP contribution in [-0.2, 0) is 14.4 Å². The largest absolute Gasteiger partial charge is 0.481 e. The third-order valence-corrected chi connectivity index (χ3v) is 2.78. The molecule has 0 aliphatic rings. The summed E-state index contributed by atoms with van der Waals surface area (Å²) in [5.74, 6) is -1.17. The summed E-state index contributed by atoms with van der Waals surface area (Å²) in [5.41, 5.74) is 0.725. The van der Waals surface area contributed by atoms with Crippen LogP contribution >= 0.6 is 0 Å². The number of aliphatic carboxylic acids is 1. The highest BCUT2D eigenvalue weighted by Crippen LogP contribution is 2.05. The second kappa shape index (κ2) is 9.52. The van der Waals surface area contributed by atoms with Crippen molar-refractivity contribution < 1.29 is 19.5 Å². The van der Waals surface area contributed by atoms with Gasteiger partial charge in [0.2, 0.25) is 11.8 Å². The molecular formula is C15H20N2O4. The van der Waals surface area contributed by atoms with Crippen molar-refractivity contribution in [1.29, 1.82) is 0 Å². The Morgan fingerprint density at radius 1 is 0.905 bits per heavy atom. The summed E-state index contributed by atoms with van der Waals surface area (Å²) >= 11 is 0. The molecule has 1 aromatic carbocycles. The lowest BCUT2D eigenvalue weighted by atomic mass is 10.2. The lowest BCUT2D eigenvalue weighted by Crippen LogP contribution is -2.27. The zero-order chi connectivity index (χ0) is 15.5. The van der Waals surface area contributed by atoms with Crippen LogP contribution in [0.15, 0.2) is 30.3 Å². The second-order valence-electron chi connectivity index (χ2n) is 4.62. The maximum atomic E-state index is 11.6. The highest BCUT2D eigenvalue weighted by molar-refractivity contribution is 5.91. The Balaban J connectivity index is 2.08. The summed E-state index contributed by atoms with van der Waals surface area (Å²) in [7, 11) is 0. The zero-order valence-corrected chi connectivity index (χ0v) is 11.8. The molecule has 1 rings (SSSR count). The molecule has 0 fully saturated rings. The Kier molecular flexibility index (Phi) is 7.56. The quantitative estimate of drug-likeness (QED) is 0.604. The van der Waals surface area contributed by atoms with E-state index >= 15 is 0 Å². The molecule has 0 aliphatic heterocycles.